The second-order valence-corrected chi connectivity index (χ2v) is 2.87. The molecule has 14 heavy (non-hydrogen) atoms. The maximum absolute atomic E-state index is 11.6. The van der Waals surface area contributed by atoms with Crippen LogP contribution in [-0.4, -0.2) is 24.6 Å². The molecule has 0 radical (unpaired) electrons. The van der Waals surface area contributed by atoms with Gasteiger partial charge in [0.15, 0.2) is 11.6 Å². The molecule has 1 aromatic carbocycles. The number of ketones is 2. The minimum absolute atomic E-state index is 0.0292. The molecule has 0 aliphatic heterocycles. The Morgan fingerprint density at radius 3 is 1.71 bits per heavy atom. The molecule has 0 saturated carbocycles. The maximum Gasteiger partial charge on any atom is 0.293 e. The lowest BCUT2D eigenvalue weighted by molar-refractivity contribution is 0.0989. The predicted molar refractivity (Wildman–Crippen MR) is 47.6 cm³/mol. The van der Waals surface area contributed by atoms with E-state index in [-0.39, 0.29) is 22.6 Å². The van der Waals surface area contributed by atoms with E-state index in [1.807, 2.05) is 0 Å². The predicted octanol–water partition coefficient (Wildman–Crippen LogP) is 1.03. The first-order valence-corrected chi connectivity index (χ1v) is 3.89. The van der Waals surface area contributed by atoms with Crippen molar-refractivity contribution in [1.29, 1.82) is 2.86 Å². The van der Waals surface area contributed by atoms with Gasteiger partial charge in [-0.15, -0.1) is 0 Å². The summed E-state index contributed by atoms with van der Waals surface area (Å²) in [6.07, 6.45) is 2.20. The standard InChI is InChI=1S/C10H6O4/c11-5-1-2-6(12)10-8(14)4-3-7(13)9(5)10/h1-4,11-12H/i/hD2. The summed E-state index contributed by atoms with van der Waals surface area (Å²) >= 11 is 0. The first-order chi connectivity index (χ1) is 7.69. The zero-order valence-electron chi connectivity index (χ0n) is 8.94. The quantitative estimate of drug-likeness (QED) is 0.686. The lowest BCUT2D eigenvalue weighted by Crippen LogP contribution is -2.11. The molecule has 1 aliphatic rings. The van der Waals surface area contributed by atoms with Crippen LogP contribution in [0.1, 0.15) is 20.7 Å². The Bertz CT molecular complexity index is 463. The highest BCUT2D eigenvalue weighted by molar-refractivity contribution is 6.24. The number of phenolic OH excluding ortho intramolecular Hbond substituents is 2. The van der Waals surface area contributed by atoms with E-state index in [1.165, 1.54) is 12.1 Å². The van der Waals surface area contributed by atoms with Gasteiger partial charge in [-0.1, -0.05) is 0 Å². The number of rotatable bonds is 2. The fourth-order valence-corrected chi connectivity index (χ4v) is 1.37. The zero-order chi connectivity index (χ0) is 11.7. The smallest absolute Gasteiger partial charge is 0.293 e. The van der Waals surface area contributed by atoms with E-state index in [4.69, 9.17) is 2.86 Å². The van der Waals surface area contributed by atoms with Crippen molar-refractivity contribution >= 4 is 11.6 Å². The maximum atomic E-state index is 11.6. The van der Waals surface area contributed by atoms with E-state index >= 15 is 0 Å². The van der Waals surface area contributed by atoms with Gasteiger partial charge in [-0.2, -0.15) is 0 Å². The van der Waals surface area contributed by atoms with Crippen LogP contribution >= 0.6 is 0 Å². The molecule has 0 atom stereocenters. The SMILES string of the molecule is [2H]Oc1ccc(O[2H])c2c1C(=O)C=CC2=O. The fraction of sp³-hybridized carbons (Fsp3) is 0. The van der Waals surface area contributed by atoms with E-state index in [0.29, 0.717) is 0 Å². The summed E-state index contributed by atoms with van der Waals surface area (Å²) in [6.45, 7) is 0. The lowest BCUT2D eigenvalue weighted by atomic mass is 9.93. The minimum atomic E-state index is -0.448. The number of carbonyl (C=O) groups is 2. The molecule has 0 unspecified atom stereocenters. The monoisotopic (exact) mass is 192 g/mol. The van der Waals surface area contributed by atoms with Gasteiger partial charge in [0.2, 0.25) is 0 Å². The molecule has 0 spiro atoms. The van der Waals surface area contributed by atoms with Crippen LogP contribution in [0.15, 0.2) is 24.3 Å². The Hall–Kier alpha value is -2.10. The van der Waals surface area contributed by atoms with Gasteiger partial charge < -0.3 is 10.2 Å². The number of hydrogen-bond acceptors (Lipinski definition) is 4. The van der Waals surface area contributed by atoms with Gasteiger partial charge in [0.25, 0.3) is 2.86 Å². The number of benzene rings is 1. The van der Waals surface area contributed by atoms with Crippen LogP contribution in [0.3, 0.4) is 0 Å². The van der Waals surface area contributed by atoms with E-state index in [2.05, 4.69) is 10.2 Å². The molecular formula is C10H6O4. The second-order valence-electron chi connectivity index (χ2n) is 2.87. The Morgan fingerprint density at radius 1 is 0.929 bits per heavy atom. The summed E-state index contributed by atoms with van der Waals surface area (Å²) in [5.41, 5.74) is -0.0699. The lowest BCUT2D eigenvalue weighted by Gasteiger charge is -2.11. The molecular weight excluding hydrogens is 184 g/mol. The topological polar surface area (TPSA) is 74.6 Å². The third kappa shape index (κ3) is 1.01. The van der Waals surface area contributed by atoms with Crippen molar-refractivity contribution in [3.05, 3.63) is 35.4 Å². The van der Waals surface area contributed by atoms with Crippen LogP contribution in [0, 0.1) is 0 Å². The third-order valence-corrected chi connectivity index (χ3v) is 2.01. The molecule has 0 saturated heterocycles. The molecule has 0 fully saturated rings. The van der Waals surface area contributed by atoms with Gasteiger partial charge in [-0.05, 0) is 24.3 Å². The van der Waals surface area contributed by atoms with Gasteiger partial charge >= 0.3 is 0 Å². The average molecular weight is 192 g/mol. The molecule has 0 bridgehead atoms. The van der Waals surface area contributed by atoms with Crippen molar-refractivity contribution in [3.8, 4) is 11.5 Å². The Balaban J connectivity index is 2.76. The third-order valence-electron chi connectivity index (χ3n) is 2.01. The van der Waals surface area contributed by atoms with Gasteiger partial charge in [0, 0.05) is 0 Å². The molecule has 4 nitrogen and oxygen atoms in total. The summed E-state index contributed by atoms with van der Waals surface area (Å²) < 4.78 is 13.6. The Kier molecular flexibility index (Phi) is 1.23. The van der Waals surface area contributed by atoms with Crippen LogP contribution < -0.4 is 0 Å². The summed E-state index contributed by atoms with van der Waals surface area (Å²) in [5, 5.41) is 8.51. The number of fused-ring (bicyclic) bond motifs is 1. The molecule has 0 heterocycles. The van der Waals surface area contributed by atoms with Crippen molar-refractivity contribution < 1.29 is 19.8 Å². The van der Waals surface area contributed by atoms with E-state index in [9.17, 15) is 9.59 Å². The molecule has 1 aliphatic carbocycles. The fourth-order valence-electron chi connectivity index (χ4n) is 1.37. The highest BCUT2D eigenvalue weighted by Crippen LogP contribution is 2.32. The van der Waals surface area contributed by atoms with Crippen LogP contribution in [0.25, 0.3) is 0 Å². The van der Waals surface area contributed by atoms with E-state index in [0.717, 1.165) is 12.2 Å². The molecule has 0 aromatic heterocycles. The molecule has 2 rings (SSSR count). The molecule has 2 N–H and O–H groups in total. The number of phenols is 2. The second kappa shape index (κ2) is 2.70. The largest absolute Gasteiger partial charge is 0.507 e. The van der Waals surface area contributed by atoms with Crippen molar-refractivity contribution in [3.63, 3.8) is 0 Å². The minimum Gasteiger partial charge on any atom is -0.507 e. The summed E-state index contributed by atoms with van der Waals surface area (Å²) in [5.74, 6) is -0.955. The van der Waals surface area contributed by atoms with Crippen LogP contribution in [-0.2, 0) is 0 Å². The molecule has 0 amide bonds. The number of carbonyl (C=O) groups excluding carboxylic acids is 2. The summed E-state index contributed by atoms with van der Waals surface area (Å²) in [6, 6.07) is 2.61. The van der Waals surface area contributed by atoms with E-state index in [1.54, 1.807) is 0 Å². The first-order valence-electron chi connectivity index (χ1n) is 4.70. The van der Waals surface area contributed by atoms with Gasteiger partial charge in [-0.25, -0.2) is 0 Å². The van der Waals surface area contributed by atoms with Crippen LogP contribution in [0.5, 0.6) is 11.5 Å². The molecule has 1 aromatic rings. The van der Waals surface area contributed by atoms with Crippen molar-refractivity contribution in [2.24, 2.45) is 0 Å². The summed E-state index contributed by atoms with van der Waals surface area (Å²) in [4.78, 5) is 23.1. The van der Waals surface area contributed by atoms with Gasteiger partial charge in [0.1, 0.15) is 11.5 Å². The van der Waals surface area contributed by atoms with Crippen LogP contribution in [0.4, 0.5) is 0 Å². The highest BCUT2D eigenvalue weighted by atomic mass is 16.3. The number of aromatic hydroxyl groups is 2. The number of allylic oxidation sites excluding steroid dienone is 2. The first kappa shape index (κ1) is 6.37. The van der Waals surface area contributed by atoms with Crippen LogP contribution in [0.2, 0.25) is 0 Å². The van der Waals surface area contributed by atoms with Gasteiger partial charge in [0.05, 0.1) is 11.1 Å². The number of hydrogen-bond donors (Lipinski definition) is 2. The normalized spacial score (nSPS) is 15.7. The Morgan fingerprint density at radius 2 is 1.36 bits per heavy atom. The molecule has 70 valence electrons. The van der Waals surface area contributed by atoms with Gasteiger partial charge in [-0.3, -0.25) is 9.59 Å². The van der Waals surface area contributed by atoms with Crippen molar-refractivity contribution in [2.75, 3.05) is 0 Å². The zero-order valence-corrected chi connectivity index (χ0v) is 6.94. The van der Waals surface area contributed by atoms with Crippen molar-refractivity contribution in [1.82, 2.24) is 0 Å². The van der Waals surface area contributed by atoms with Crippen molar-refractivity contribution in [2.45, 2.75) is 0 Å². The van der Waals surface area contributed by atoms with E-state index < -0.39 is 11.6 Å². The summed E-state index contributed by atoms with van der Waals surface area (Å²) in [7, 11) is 0. The highest BCUT2D eigenvalue weighted by Gasteiger charge is 2.25. The molecule has 4 heteroatoms. The Labute approximate surface area is 82.1 Å². The average Bonchev–Trinajstić information content (AvgIpc) is 2.32.